The van der Waals surface area contributed by atoms with Crippen LogP contribution in [0.25, 0.3) is 0 Å². The summed E-state index contributed by atoms with van der Waals surface area (Å²) >= 11 is 2.54. The van der Waals surface area contributed by atoms with E-state index in [9.17, 15) is 9.59 Å². The smallest absolute Gasteiger partial charge is 0.305 e. The van der Waals surface area contributed by atoms with Crippen LogP contribution in [0.2, 0.25) is 0 Å². The van der Waals surface area contributed by atoms with E-state index in [1.165, 1.54) is 10.3 Å². The van der Waals surface area contributed by atoms with Crippen LogP contribution in [0, 0.1) is 6.92 Å². The third-order valence-corrected chi connectivity index (χ3v) is 3.66. The molecule has 0 atom stereocenters. The molecule has 0 bridgehead atoms. The van der Waals surface area contributed by atoms with Gasteiger partial charge < -0.3 is 9.88 Å². The van der Waals surface area contributed by atoms with Crippen molar-refractivity contribution in [3.05, 3.63) is 36.8 Å². The molecule has 0 aromatic carbocycles. The van der Waals surface area contributed by atoms with Crippen LogP contribution in [0.1, 0.15) is 21.2 Å². The van der Waals surface area contributed by atoms with Gasteiger partial charge in [-0.2, -0.15) is 0 Å². The van der Waals surface area contributed by atoms with Crippen LogP contribution in [0.4, 0.5) is 0 Å². The molecule has 0 aliphatic carbocycles. The predicted octanol–water partition coefficient (Wildman–Crippen LogP) is 1.47. The summed E-state index contributed by atoms with van der Waals surface area (Å²) in [6, 6.07) is 0. The minimum atomic E-state index is -0.216. The molecule has 0 aliphatic rings. The van der Waals surface area contributed by atoms with E-state index >= 15 is 0 Å². The number of nitrogens with zero attached hydrogens (tertiary/aromatic N) is 2. The molecule has 0 fully saturated rings. The first kappa shape index (κ1) is 12.0. The van der Waals surface area contributed by atoms with Crippen LogP contribution in [-0.2, 0) is 6.54 Å². The minimum Gasteiger partial charge on any atom is -0.334 e. The van der Waals surface area contributed by atoms with E-state index in [0.29, 0.717) is 12.2 Å². The molecule has 5 nitrogen and oxygen atoms in total. The maximum Gasteiger partial charge on any atom is 0.305 e. The van der Waals surface area contributed by atoms with Gasteiger partial charge in [0.05, 0.1) is 17.2 Å². The maximum absolute atomic E-state index is 11.9. The molecule has 2 heterocycles. The molecule has 0 spiro atoms. The van der Waals surface area contributed by atoms with Crippen LogP contribution < -0.4 is 4.87 Å². The Hall–Kier alpha value is -1.47. The highest BCUT2D eigenvalue weighted by molar-refractivity contribution is 7.09. The summed E-state index contributed by atoms with van der Waals surface area (Å²) in [5, 5.41) is 4.44. The number of aromatic amines is 1. The van der Waals surface area contributed by atoms with Crippen LogP contribution in [0.5, 0.6) is 0 Å². The predicted molar refractivity (Wildman–Crippen MR) is 67.6 cm³/mol. The lowest BCUT2D eigenvalue weighted by Gasteiger charge is -2.14. The number of hydrogen-bond acceptors (Lipinski definition) is 5. The molecule has 0 radical (unpaired) electrons. The molecular formula is C10H11N3O2S2. The Bertz CT molecular complexity index is 584. The lowest BCUT2D eigenvalue weighted by atomic mass is 10.4. The lowest BCUT2D eigenvalue weighted by Crippen LogP contribution is -2.27. The zero-order valence-electron chi connectivity index (χ0n) is 9.39. The van der Waals surface area contributed by atoms with Crippen molar-refractivity contribution < 1.29 is 4.79 Å². The van der Waals surface area contributed by atoms with Gasteiger partial charge in [-0.25, -0.2) is 4.98 Å². The van der Waals surface area contributed by atoms with E-state index in [1.54, 1.807) is 18.4 Å². The Kier molecular flexibility index (Phi) is 3.39. The number of aryl methyl sites for hydroxylation is 1. The zero-order valence-corrected chi connectivity index (χ0v) is 11.0. The van der Waals surface area contributed by atoms with Gasteiger partial charge in [0.15, 0.2) is 0 Å². The number of nitrogens with one attached hydrogen (secondary N) is 1. The summed E-state index contributed by atoms with van der Waals surface area (Å²) in [6.07, 6.45) is 0. The third-order valence-electron chi connectivity index (χ3n) is 2.16. The molecule has 2 rings (SSSR count). The Balaban J connectivity index is 2.07. The summed E-state index contributed by atoms with van der Waals surface area (Å²) in [5.41, 5.74) is 1.19. The lowest BCUT2D eigenvalue weighted by molar-refractivity contribution is 0.0778. The fourth-order valence-electron chi connectivity index (χ4n) is 1.39. The Morgan fingerprint density at radius 2 is 2.24 bits per heavy atom. The van der Waals surface area contributed by atoms with Crippen molar-refractivity contribution in [1.29, 1.82) is 0 Å². The van der Waals surface area contributed by atoms with Crippen LogP contribution in [0.3, 0.4) is 0 Å². The van der Waals surface area contributed by atoms with E-state index < -0.39 is 0 Å². The number of H-pyrrole nitrogens is 1. The fourth-order valence-corrected chi connectivity index (χ4v) is 2.54. The average Bonchev–Trinajstić information content (AvgIpc) is 2.87. The van der Waals surface area contributed by atoms with Gasteiger partial charge in [-0.05, 0) is 6.92 Å². The van der Waals surface area contributed by atoms with Crippen molar-refractivity contribution in [2.75, 3.05) is 7.05 Å². The number of hydrogen-bond donors (Lipinski definition) is 1. The molecule has 2 aromatic heterocycles. The largest absolute Gasteiger partial charge is 0.334 e. The maximum atomic E-state index is 11.9. The van der Waals surface area contributed by atoms with Gasteiger partial charge in [0, 0.05) is 17.8 Å². The van der Waals surface area contributed by atoms with E-state index in [0.717, 1.165) is 22.0 Å². The third kappa shape index (κ3) is 2.80. The number of thiazole rings is 2. The molecule has 0 saturated carbocycles. The molecule has 0 aliphatic heterocycles. The normalized spacial score (nSPS) is 10.5. The van der Waals surface area contributed by atoms with Gasteiger partial charge in [-0.15, -0.1) is 11.3 Å². The second-order valence-electron chi connectivity index (χ2n) is 3.58. The van der Waals surface area contributed by atoms with Gasteiger partial charge in [-0.3, -0.25) is 9.59 Å². The molecule has 0 unspecified atom stereocenters. The fraction of sp³-hybridized carbons (Fsp3) is 0.300. The number of aromatic nitrogens is 2. The average molecular weight is 269 g/mol. The van der Waals surface area contributed by atoms with Gasteiger partial charge in [0.2, 0.25) is 0 Å². The Morgan fingerprint density at radius 1 is 1.47 bits per heavy atom. The SMILES string of the molecule is Cc1nc(CN(C)C(=O)c2csc(=O)[nH]2)cs1. The van der Waals surface area contributed by atoms with Crippen molar-refractivity contribution in [3.8, 4) is 0 Å². The second kappa shape index (κ2) is 4.80. The highest BCUT2D eigenvalue weighted by atomic mass is 32.1. The quantitative estimate of drug-likeness (QED) is 0.917. The second-order valence-corrected chi connectivity index (χ2v) is 5.49. The van der Waals surface area contributed by atoms with Gasteiger partial charge in [0.1, 0.15) is 5.69 Å². The summed E-state index contributed by atoms with van der Waals surface area (Å²) in [6.45, 7) is 2.37. The van der Waals surface area contributed by atoms with E-state index in [4.69, 9.17) is 0 Å². The van der Waals surface area contributed by atoms with Crippen molar-refractivity contribution in [3.63, 3.8) is 0 Å². The minimum absolute atomic E-state index is 0.200. The van der Waals surface area contributed by atoms with Crippen LogP contribution >= 0.6 is 22.7 Å². The highest BCUT2D eigenvalue weighted by Gasteiger charge is 2.14. The van der Waals surface area contributed by atoms with Crippen LogP contribution in [-0.4, -0.2) is 27.8 Å². The Labute approximate surface area is 106 Å². The van der Waals surface area contributed by atoms with Crippen LogP contribution in [0.15, 0.2) is 15.6 Å². The first-order valence-electron chi connectivity index (χ1n) is 4.90. The first-order chi connectivity index (χ1) is 8.06. The summed E-state index contributed by atoms with van der Waals surface area (Å²) in [5.74, 6) is -0.200. The van der Waals surface area contributed by atoms with Crippen molar-refractivity contribution in [2.45, 2.75) is 13.5 Å². The summed E-state index contributed by atoms with van der Waals surface area (Å²) < 4.78 is 0. The molecule has 2 aromatic rings. The highest BCUT2D eigenvalue weighted by Crippen LogP contribution is 2.11. The number of carbonyl (C=O) groups is 1. The van der Waals surface area contributed by atoms with Gasteiger partial charge in [0.25, 0.3) is 5.91 Å². The zero-order chi connectivity index (χ0) is 12.4. The number of rotatable bonds is 3. The molecule has 1 N–H and O–H groups in total. The molecule has 0 saturated heterocycles. The summed E-state index contributed by atoms with van der Waals surface area (Å²) in [7, 11) is 1.69. The molecule has 7 heteroatoms. The molecule has 17 heavy (non-hydrogen) atoms. The van der Waals surface area contributed by atoms with Crippen molar-refractivity contribution in [1.82, 2.24) is 14.9 Å². The monoisotopic (exact) mass is 269 g/mol. The van der Waals surface area contributed by atoms with E-state index in [-0.39, 0.29) is 10.8 Å². The molecule has 1 amide bonds. The summed E-state index contributed by atoms with van der Waals surface area (Å²) in [4.78, 5) is 31.0. The number of carbonyl (C=O) groups excluding carboxylic acids is 1. The Morgan fingerprint density at radius 3 is 2.76 bits per heavy atom. The number of amides is 1. The molecular weight excluding hydrogens is 258 g/mol. The standard InChI is InChI=1S/C10H11N3O2S2/c1-6-11-7(4-16-6)3-13(2)9(14)8-5-17-10(15)12-8/h4-5H,3H2,1-2H3,(H,12,15). The van der Waals surface area contributed by atoms with Gasteiger partial charge in [-0.1, -0.05) is 11.3 Å². The van der Waals surface area contributed by atoms with Crippen molar-refractivity contribution >= 4 is 28.6 Å². The molecule has 90 valence electrons. The first-order valence-corrected chi connectivity index (χ1v) is 6.66. The van der Waals surface area contributed by atoms with Crippen molar-refractivity contribution in [2.24, 2.45) is 0 Å². The van der Waals surface area contributed by atoms with E-state index in [2.05, 4.69) is 9.97 Å². The van der Waals surface area contributed by atoms with E-state index in [1.807, 2.05) is 12.3 Å². The van der Waals surface area contributed by atoms with Gasteiger partial charge >= 0.3 is 4.87 Å². The topological polar surface area (TPSA) is 66.1 Å².